The van der Waals surface area contributed by atoms with E-state index in [4.69, 9.17) is 9.47 Å². The summed E-state index contributed by atoms with van der Waals surface area (Å²) in [4.78, 5) is 16.0. The molecule has 0 radical (unpaired) electrons. The molecule has 1 unspecified atom stereocenters. The summed E-state index contributed by atoms with van der Waals surface area (Å²) in [5.74, 6) is 2.48. The maximum atomic E-state index is 11.6. The Bertz CT molecular complexity index is 588. The van der Waals surface area contributed by atoms with E-state index >= 15 is 0 Å². The molecule has 3 rings (SSSR count). The molecule has 0 saturated carbocycles. The Morgan fingerprint density at radius 2 is 1.83 bits per heavy atom. The number of rotatable bonds is 4. The molecule has 1 saturated heterocycles. The van der Waals surface area contributed by atoms with Gasteiger partial charge >= 0.3 is 0 Å². The molecule has 5 heteroatoms. The van der Waals surface area contributed by atoms with Crippen molar-refractivity contribution in [1.29, 1.82) is 0 Å². The molecule has 1 fully saturated rings. The minimum Gasteiger partial charge on any atom is -0.493 e. The van der Waals surface area contributed by atoms with E-state index in [0.717, 1.165) is 50.5 Å². The van der Waals surface area contributed by atoms with Crippen LogP contribution in [0.25, 0.3) is 0 Å². The van der Waals surface area contributed by atoms with E-state index in [1.165, 1.54) is 11.1 Å². The lowest BCUT2D eigenvalue weighted by molar-refractivity contribution is -0.133. The predicted molar refractivity (Wildman–Crippen MR) is 88.9 cm³/mol. The van der Waals surface area contributed by atoms with Crippen molar-refractivity contribution in [3.05, 3.63) is 23.3 Å². The van der Waals surface area contributed by atoms with E-state index < -0.39 is 0 Å². The summed E-state index contributed by atoms with van der Waals surface area (Å²) in [7, 11) is 5.27. The molecule has 2 aliphatic heterocycles. The van der Waals surface area contributed by atoms with E-state index in [1.807, 2.05) is 11.9 Å². The van der Waals surface area contributed by atoms with E-state index in [0.29, 0.717) is 12.3 Å². The van der Waals surface area contributed by atoms with E-state index in [9.17, 15) is 4.79 Å². The highest BCUT2D eigenvalue weighted by molar-refractivity contribution is 5.76. The molecule has 23 heavy (non-hydrogen) atoms. The average Bonchev–Trinajstić information content (AvgIpc) is 2.56. The second-order valence-electron chi connectivity index (χ2n) is 6.64. The largest absolute Gasteiger partial charge is 0.493 e. The Labute approximate surface area is 138 Å². The SMILES string of the molecule is COc1cc2c(cc1OC)CN(CC1CCC(=O)N(C)C1)CC2. The van der Waals surface area contributed by atoms with Gasteiger partial charge in [0.1, 0.15) is 0 Å². The number of carbonyl (C=O) groups excluding carboxylic acids is 1. The Kier molecular flexibility index (Phi) is 4.76. The zero-order valence-corrected chi connectivity index (χ0v) is 14.3. The van der Waals surface area contributed by atoms with Gasteiger partial charge in [-0.2, -0.15) is 0 Å². The van der Waals surface area contributed by atoms with Crippen LogP contribution >= 0.6 is 0 Å². The van der Waals surface area contributed by atoms with Crippen LogP contribution < -0.4 is 9.47 Å². The molecule has 2 heterocycles. The maximum Gasteiger partial charge on any atom is 0.222 e. The summed E-state index contributed by atoms with van der Waals surface area (Å²) in [6.07, 6.45) is 2.74. The molecule has 1 atom stereocenters. The van der Waals surface area contributed by atoms with Crippen LogP contribution in [-0.4, -0.2) is 56.6 Å². The first kappa shape index (κ1) is 16.1. The maximum absolute atomic E-state index is 11.6. The average molecular weight is 318 g/mol. The number of benzene rings is 1. The molecule has 5 nitrogen and oxygen atoms in total. The van der Waals surface area contributed by atoms with Crippen molar-refractivity contribution >= 4 is 5.91 Å². The number of piperidine rings is 1. The number of hydrogen-bond acceptors (Lipinski definition) is 4. The number of likely N-dealkylation sites (tertiary alicyclic amines) is 1. The minimum absolute atomic E-state index is 0.280. The highest BCUT2D eigenvalue weighted by atomic mass is 16.5. The lowest BCUT2D eigenvalue weighted by Gasteiger charge is -2.36. The van der Waals surface area contributed by atoms with Crippen LogP contribution in [0.15, 0.2) is 12.1 Å². The zero-order valence-electron chi connectivity index (χ0n) is 14.3. The number of hydrogen-bond donors (Lipinski definition) is 0. The molecule has 1 aromatic rings. The first-order valence-electron chi connectivity index (χ1n) is 8.30. The lowest BCUT2D eigenvalue weighted by Crippen LogP contribution is -2.43. The molecule has 1 amide bonds. The van der Waals surface area contributed by atoms with Gasteiger partial charge < -0.3 is 14.4 Å². The third-order valence-electron chi connectivity index (χ3n) is 5.04. The second-order valence-corrected chi connectivity index (χ2v) is 6.64. The monoisotopic (exact) mass is 318 g/mol. The van der Waals surface area contributed by atoms with Crippen LogP contribution in [0.4, 0.5) is 0 Å². The van der Waals surface area contributed by atoms with Crippen molar-refractivity contribution in [2.45, 2.75) is 25.8 Å². The van der Waals surface area contributed by atoms with Gasteiger partial charge in [0.25, 0.3) is 0 Å². The summed E-state index contributed by atoms with van der Waals surface area (Å²) < 4.78 is 10.8. The van der Waals surface area contributed by atoms with Crippen LogP contribution in [0.3, 0.4) is 0 Å². The first-order chi connectivity index (χ1) is 11.1. The van der Waals surface area contributed by atoms with E-state index in [-0.39, 0.29) is 5.91 Å². The van der Waals surface area contributed by atoms with Crippen molar-refractivity contribution in [3.63, 3.8) is 0 Å². The smallest absolute Gasteiger partial charge is 0.222 e. The van der Waals surface area contributed by atoms with Gasteiger partial charge in [0, 0.05) is 39.6 Å². The van der Waals surface area contributed by atoms with Crippen LogP contribution in [0.5, 0.6) is 11.5 Å². The van der Waals surface area contributed by atoms with Gasteiger partial charge in [-0.1, -0.05) is 0 Å². The van der Waals surface area contributed by atoms with Crippen molar-refractivity contribution in [2.75, 3.05) is 40.9 Å². The quantitative estimate of drug-likeness (QED) is 0.851. The summed E-state index contributed by atoms with van der Waals surface area (Å²) in [5, 5.41) is 0. The molecule has 1 aromatic carbocycles. The highest BCUT2D eigenvalue weighted by Gasteiger charge is 2.26. The third-order valence-corrected chi connectivity index (χ3v) is 5.04. The van der Waals surface area contributed by atoms with Gasteiger partial charge in [-0.15, -0.1) is 0 Å². The van der Waals surface area contributed by atoms with Crippen LogP contribution in [0, 0.1) is 5.92 Å². The summed E-state index contributed by atoms with van der Waals surface area (Å²) >= 11 is 0. The van der Waals surface area contributed by atoms with Crippen molar-refractivity contribution < 1.29 is 14.3 Å². The Morgan fingerprint density at radius 1 is 1.13 bits per heavy atom. The highest BCUT2D eigenvalue weighted by Crippen LogP contribution is 2.33. The molecule has 0 bridgehead atoms. The Morgan fingerprint density at radius 3 is 2.48 bits per heavy atom. The van der Waals surface area contributed by atoms with Crippen LogP contribution in [0.1, 0.15) is 24.0 Å². The molecular formula is C18H26N2O3. The van der Waals surface area contributed by atoms with E-state index in [1.54, 1.807) is 14.2 Å². The fraction of sp³-hybridized carbons (Fsp3) is 0.611. The fourth-order valence-corrected chi connectivity index (χ4v) is 3.71. The number of carbonyl (C=O) groups is 1. The molecule has 0 spiro atoms. The molecule has 0 N–H and O–H groups in total. The minimum atomic E-state index is 0.280. The molecule has 2 aliphatic rings. The summed E-state index contributed by atoms with van der Waals surface area (Å²) in [6.45, 7) is 3.96. The third kappa shape index (κ3) is 3.44. The van der Waals surface area contributed by atoms with Gasteiger partial charge in [-0.3, -0.25) is 9.69 Å². The fourth-order valence-electron chi connectivity index (χ4n) is 3.71. The number of amides is 1. The van der Waals surface area contributed by atoms with Gasteiger partial charge in [0.05, 0.1) is 14.2 Å². The van der Waals surface area contributed by atoms with Crippen molar-refractivity contribution in [3.8, 4) is 11.5 Å². The number of nitrogens with zero attached hydrogens (tertiary/aromatic N) is 2. The van der Waals surface area contributed by atoms with Crippen molar-refractivity contribution in [1.82, 2.24) is 9.80 Å². The molecule has 126 valence electrons. The number of fused-ring (bicyclic) bond motifs is 1. The molecular weight excluding hydrogens is 292 g/mol. The Balaban J connectivity index is 1.67. The molecule has 0 aliphatic carbocycles. The van der Waals surface area contributed by atoms with Crippen LogP contribution in [0.2, 0.25) is 0 Å². The topological polar surface area (TPSA) is 42.0 Å². The summed E-state index contributed by atoms with van der Waals surface area (Å²) in [6, 6.07) is 4.22. The normalized spacial score (nSPS) is 22.0. The van der Waals surface area contributed by atoms with Gasteiger partial charge in [0.15, 0.2) is 11.5 Å². The van der Waals surface area contributed by atoms with Crippen molar-refractivity contribution in [2.24, 2.45) is 5.92 Å². The standard InChI is InChI=1S/C18H26N2O3/c1-19-10-13(4-5-18(19)21)11-20-7-6-14-8-16(22-2)17(23-3)9-15(14)12-20/h8-9,13H,4-7,10-12H2,1-3H3. The lowest BCUT2D eigenvalue weighted by atomic mass is 9.94. The summed E-state index contributed by atoms with van der Waals surface area (Å²) in [5.41, 5.74) is 2.68. The van der Waals surface area contributed by atoms with Gasteiger partial charge in [-0.25, -0.2) is 0 Å². The number of ether oxygens (including phenoxy) is 2. The van der Waals surface area contributed by atoms with Gasteiger partial charge in [-0.05, 0) is 42.0 Å². The zero-order chi connectivity index (χ0) is 16.4. The Hall–Kier alpha value is -1.75. The predicted octanol–water partition coefficient (Wildman–Crippen LogP) is 1.93. The molecule has 0 aromatic heterocycles. The van der Waals surface area contributed by atoms with Crippen LogP contribution in [-0.2, 0) is 17.8 Å². The number of methoxy groups -OCH3 is 2. The first-order valence-corrected chi connectivity index (χ1v) is 8.30. The van der Waals surface area contributed by atoms with Gasteiger partial charge in [0.2, 0.25) is 5.91 Å². The second kappa shape index (κ2) is 6.79. The van der Waals surface area contributed by atoms with E-state index in [2.05, 4.69) is 17.0 Å².